The van der Waals surface area contributed by atoms with Gasteiger partial charge < -0.3 is 15.0 Å². The predicted molar refractivity (Wildman–Crippen MR) is 91.1 cm³/mol. The minimum absolute atomic E-state index is 0.00229. The van der Waals surface area contributed by atoms with Gasteiger partial charge in [0.1, 0.15) is 0 Å². The minimum Gasteiger partial charge on any atom is -0.469 e. The summed E-state index contributed by atoms with van der Waals surface area (Å²) in [6.07, 6.45) is 0.491. The van der Waals surface area contributed by atoms with Crippen LogP contribution in [0.4, 0.5) is 10.5 Å². The first-order valence-electron chi connectivity index (χ1n) is 8.12. The maximum atomic E-state index is 12.3. The molecular formula is C17H23N3O5. The van der Waals surface area contributed by atoms with Crippen LogP contribution < -0.4 is 5.32 Å². The Balaban J connectivity index is 1.88. The van der Waals surface area contributed by atoms with Crippen LogP contribution in [0.3, 0.4) is 0 Å². The molecule has 2 amide bonds. The number of esters is 1. The Bertz CT molecular complexity index is 678. The summed E-state index contributed by atoms with van der Waals surface area (Å²) >= 11 is 0. The van der Waals surface area contributed by atoms with Gasteiger partial charge in [-0.3, -0.25) is 14.9 Å². The van der Waals surface area contributed by atoms with Gasteiger partial charge in [-0.05, 0) is 24.8 Å². The van der Waals surface area contributed by atoms with Crippen molar-refractivity contribution >= 4 is 17.7 Å². The lowest BCUT2D eigenvalue weighted by molar-refractivity contribution is -0.384. The number of urea groups is 1. The van der Waals surface area contributed by atoms with Crippen LogP contribution in [0.25, 0.3) is 0 Å². The number of methoxy groups -OCH3 is 1. The molecule has 1 aromatic carbocycles. The van der Waals surface area contributed by atoms with Crippen LogP contribution in [0.1, 0.15) is 19.4 Å². The van der Waals surface area contributed by atoms with Crippen molar-refractivity contribution in [3.63, 3.8) is 0 Å². The van der Waals surface area contributed by atoms with E-state index in [-0.39, 0.29) is 23.6 Å². The van der Waals surface area contributed by atoms with Crippen molar-refractivity contribution in [1.29, 1.82) is 0 Å². The molecular weight excluding hydrogens is 326 g/mol. The molecule has 0 aromatic heterocycles. The third kappa shape index (κ3) is 4.07. The highest BCUT2D eigenvalue weighted by molar-refractivity contribution is 5.81. The Morgan fingerprint density at radius 3 is 2.84 bits per heavy atom. The number of hydrogen-bond donors (Lipinski definition) is 1. The second kappa shape index (κ2) is 7.50. The van der Waals surface area contributed by atoms with Crippen molar-refractivity contribution in [2.24, 2.45) is 11.3 Å². The summed E-state index contributed by atoms with van der Waals surface area (Å²) in [5, 5.41) is 13.6. The monoisotopic (exact) mass is 349 g/mol. The number of hydrogen-bond acceptors (Lipinski definition) is 5. The Labute approximate surface area is 146 Å². The molecule has 136 valence electrons. The lowest BCUT2D eigenvalue weighted by atomic mass is 9.81. The molecule has 1 N–H and O–H groups in total. The normalized spacial score (nSPS) is 22.5. The van der Waals surface area contributed by atoms with E-state index in [1.54, 1.807) is 24.0 Å². The lowest BCUT2D eigenvalue weighted by Crippen LogP contribution is -2.42. The van der Waals surface area contributed by atoms with Crippen LogP contribution in [0.15, 0.2) is 24.3 Å². The first-order chi connectivity index (χ1) is 11.8. The Kier molecular flexibility index (Phi) is 5.61. The Hall–Kier alpha value is -2.64. The highest BCUT2D eigenvalue weighted by Gasteiger charge is 2.48. The number of rotatable bonds is 5. The van der Waals surface area contributed by atoms with Crippen LogP contribution in [0, 0.1) is 21.4 Å². The molecule has 1 aliphatic heterocycles. The molecule has 1 aliphatic rings. The summed E-state index contributed by atoms with van der Waals surface area (Å²) in [7, 11) is 1.35. The maximum Gasteiger partial charge on any atom is 0.317 e. The van der Waals surface area contributed by atoms with Gasteiger partial charge in [0.2, 0.25) is 0 Å². The molecule has 0 spiro atoms. The zero-order chi connectivity index (χ0) is 18.6. The lowest BCUT2D eigenvalue weighted by Gasteiger charge is -2.24. The van der Waals surface area contributed by atoms with Crippen molar-refractivity contribution in [2.45, 2.75) is 20.3 Å². The number of nitrogens with one attached hydrogen (secondary N) is 1. The molecule has 8 heteroatoms. The largest absolute Gasteiger partial charge is 0.469 e. The zero-order valence-corrected chi connectivity index (χ0v) is 14.7. The van der Waals surface area contributed by atoms with E-state index in [2.05, 4.69) is 5.32 Å². The van der Waals surface area contributed by atoms with Gasteiger partial charge >= 0.3 is 12.0 Å². The summed E-state index contributed by atoms with van der Waals surface area (Å²) in [5.74, 6) is -0.311. The Morgan fingerprint density at radius 2 is 2.20 bits per heavy atom. The first-order valence-corrected chi connectivity index (χ1v) is 8.12. The third-order valence-electron chi connectivity index (χ3n) is 4.85. The minimum atomic E-state index is -0.702. The number of non-ortho nitro benzene ring substituents is 1. The molecule has 0 saturated carbocycles. The molecule has 0 unspecified atom stereocenters. The van der Waals surface area contributed by atoms with Gasteiger partial charge in [0.15, 0.2) is 0 Å². The molecule has 1 aromatic rings. The van der Waals surface area contributed by atoms with E-state index in [0.717, 1.165) is 5.56 Å². The van der Waals surface area contributed by atoms with Crippen LogP contribution in [-0.4, -0.2) is 48.6 Å². The van der Waals surface area contributed by atoms with E-state index in [1.807, 2.05) is 6.92 Å². The van der Waals surface area contributed by atoms with Crippen LogP contribution in [0.2, 0.25) is 0 Å². The van der Waals surface area contributed by atoms with Gasteiger partial charge in [0, 0.05) is 31.8 Å². The second-order valence-electron chi connectivity index (χ2n) is 6.60. The van der Waals surface area contributed by atoms with E-state index in [0.29, 0.717) is 26.1 Å². The second-order valence-corrected chi connectivity index (χ2v) is 6.60. The standard InChI is InChI=1S/C17H23N3O5/c1-12-10-19(11-17(12,2)15(21)25-3)16(22)18-8-7-13-5-4-6-14(9-13)20(23)24/h4-6,9,12H,7-8,10-11H2,1-3H3,(H,18,22)/t12-,17-/m1/s1. The van der Waals surface area contributed by atoms with Gasteiger partial charge in [-0.1, -0.05) is 19.1 Å². The fourth-order valence-electron chi connectivity index (χ4n) is 3.05. The van der Waals surface area contributed by atoms with Gasteiger partial charge in [-0.2, -0.15) is 0 Å². The number of carbonyl (C=O) groups is 2. The van der Waals surface area contributed by atoms with E-state index < -0.39 is 10.3 Å². The molecule has 0 bridgehead atoms. The molecule has 8 nitrogen and oxygen atoms in total. The first kappa shape index (κ1) is 18.7. The number of benzene rings is 1. The zero-order valence-electron chi connectivity index (χ0n) is 14.7. The number of ether oxygens (including phenoxy) is 1. The SMILES string of the molecule is COC(=O)[C@]1(C)CN(C(=O)NCCc2cccc([N+](=O)[O-])c2)C[C@H]1C. The summed E-state index contributed by atoms with van der Waals surface area (Å²) < 4.78 is 4.85. The van der Waals surface area contributed by atoms with Gasteiger partial charge in [-0.25, -0.2) is 4.79 Å². The van der Waals surface area contributed by atoms with Crippen molar-refractivity contribution in [3.05, 3.63) is 39.9 Å². The summed E-state index contributed by atoms with van der Waals surface area (Å²) in [5.41, 5.74) is 0.112. The molecule has 1 saturated heterocycles. The van der Waals surface area contributed by atoms with Gasteiger partial charge in [0.05, 0.1) is 17.4 Å². The fraction of sp³-hybridized carbons (Fsp3) is 0.529. The number of amides is 2. The van der Waals surface area contributed by atoms with Gasteiger partial charge in [0.25, 0.3) is 5.69 Å². The maximum absolute atomic E-state index is 12.3. The smallest absolute Gasteiger partial charge is 0.317 e. The predicted octanol–water partition coefficient (Wildman–Crippen LogP) is 1.98. The summed E-state index contributed by atoms with van der Waals surface area (Å²) in [4.78, 5) is 36.2. The molecule has 2 atom stereocenters. The van der Waals surface area contributed by atoms with E-state index in [1.165, 1.54) is 19.2 Å². The molecule has 1 heterocycles. The Morgan fingerprint density at radius 1 is 1.48 bits per heavy atom. The quantitative estimate of drug-likeness (QED) is 0.497. The topological polar surface area (TPSA) is 102 Å². The highest BCUT2D eigenvalue weighted by Crippen LogP contribution is 2.36. The fourth-order valence-corrected chi connectivity index (χ4v) is 3.05. The van der Waals surface area contributed by atoms with Crippen LogP contribution in [-0.2, 0) is 16.0 Å². The number of nitro benzene ring substituents is 1. The molecule has 2 rings (SSSR count). The number of likely N-dealkylation sites (tertiary alicyclic amines) is 1. The summed E-state index contributed by atoms with van der Waals surface area (Å²) in [6, 6.07) is 6.09. The van der Waals surface area contributed by atoms with E-state index in [9.17, 15) is 19.7 Å². The molecule has 1 fully saturated rings. The number of carbonyl (C=O) groups excluding carboxylic acids is 2. The number of nitro groups is 1. The molecule has 0 aliphatic carbocycles. The van der Waals surface area contributed by atoms with Crippen molar-refractivity contribution in [1.82, 2.24) is 10.2 Å². The average molecular weight is 349 g/mol. The van der Waals surface area contributed by atoms with Crippen molar-refractivity contribution < 1.29 is 19.2 Å². The molecule has 0 radical (unpaired) electrons. The van der Waals surface area contributed by atoms with E-state index >= 15 is 0 Å². The highest BCUT2D eigenvalue weighted by atomic mass is 16.6. The average Bonchev–Trinajstić information content (AvgIpc) is 2.90. The van der Waals surface area contributed by atoms with Crippen molar-refractivity contribution in [2.75, 3.05) is 26.7 Å². The van der Waals surface area contributed by atoms with Crippen LogP contribution >= 0.6 is 0 Å². The molecule has 25 heavy (non-hydrogen) atoms. The number of nitrogens with zero attached hydrogens (tertiary/aromatic N) is 2. The summed E-state index contributed by atoms with van der Waals surface area (Å²) in [6.45, 7) is 4.88. The van der Waals surface area contributed by atoms with Gasteiger partial charge in [-0.15, -0.1) is 0 Å². The van der Waals surface area contributed by atoms with E-state index in [4.69, 9.17) is 4.74 Å². The third-order valence-corrected chi connectivity index (χ3v) is 4.85. The van der Waals surface area contributed by atoms with Crippen LogP contribution in [0.5, 0.6) is 0 Å². The van der Waals surface area contributed by atoms with Crippen molar-refractivity contribution in [3.8, 4) is 0 Å².